The summed E-state index contributed by atoms with van der Waals surface area (Å²) in [6.45, 7) is 14.0. The molecule has 3 fully saturated rings. The van der Waals surface area contributed by atoms with Gasteiger partial charge in [-0.2, -0.15) is 0 Å². The van der Waals surface area contributed by atoms with Crippen LogP contribution in [0, 0.1) is 11.8 Å². The molecule has 8 nitrogen and oxygen atoms in total. The van der Waals surface area contributed by atoms with Gasteiger partial charge in [-0.3, -0.25) is 19.3 Å². The molecule has 4 atom stereocenters. The molecular weight excluding hydrogens is 468 g/mol. The highest BCUT2D eigenvalue weighted by Gasteiger charge is 2.52. The molecule has 0 aliphatic carbocycles. The Hall–Kier alpha value is -2.45. The fourth-order valence-electron chi connectivity index (χ4n) is 6.44. The number of ether oxygens (including phenoxy) is 1. The number of anilines is 1. The number of piperazine rings is 1. The maximum atomic E-state index is 14.2. The molecule has 3 saturated heterocycles. The van der Waals surface area contributed by atoms with Gasteiger partial charge in [0.05, 0.1) is 12.0 Å². The van der Waals surface area contributed by atoms with E-state index in [0.717, 1.165) is 57.7 Å². The van der Waals surface area contributed by atoms with Crippen LogP contribution < -0.4 is 10.6 Å². The van der Waals surface area contributed by atoms with E-state index in [1.165, 1.54) is 0 Å². The van der Waals surface area contributed by atoms with E-state index in [2.05, 4.69) is 37.5 Å². The number of fused-ring (bicyclic) bond motifs is 1. The molecule has 0 saturated carbocycles. The van der Waals surface area contributed by atoms with Crippen molar-refractivity contribution in [1.82, 2.24) is 9.80 Å². The van der Waals surface area contributed by atoms with Gasteiger partial charge in [-0.25, -0.2) is 0 Å². The number of rotatable bonds is 10. The lowest BCUT2D eigenvalue weighted by Gasteiger charge is -2.36. The molecule has 204 valence electrons. The first kappa shape index (κ1) is 27.6. The Morgan fingerprint density at radius 1 is 1.11 bits per heavy atom. The highest BCUT2D eigenvalue weighted by molar-refractivity contribution is 5.99. The SMILES string of the molecule is CCC[C@H]1CN(C(=O)[C@@H](CC(C)C)c2cc(N3CCN(CCC)CC3)ccc2C(N)=O)[C@@H]2C(=O)CO[C@H]12. The Kier molecular flexibility index (Phi) is 8.90. The fraction of sp³-hybridized carbons (Fsp3) is 0.690. The molecule has 3 heterocycles. The standard InChI is InChI=1S/C29H44N4O4/c1-5-7-20-17-33(26-25(34)18-37-27(20)26)29(36)24(15-19(3)4)23-16-21(8-9-22(23)28(30)35)32-13-11-31(10-6-2)12-14-32/h8-9,16,19-20,24,26-27H,5-7,10-15,17-18H2,1-4H3,(H2,30,35)/t20-,24-,26+,27+/m0/s1. The summed E-state index contributed by atoms with van der Waals surface area (Å²) in [6, 6.07) is 5.21. The summed E-state index contributed by atoms with van der Waals surface area (Å²) in [5.74, 6) is -0.803. The zero-order valence-electron chi connectivity index (χ0n) is 22.9. The van der Waals surface area contributed by atoms with Gasteiger partial charge in [0.15, 0.2) is 5.78 Å². The van der Waals surface area contributed by atoms with E-state index in [1.54, 1.807) is 11.0 Å². The van der Waals surface area contributed by atoms with Gasteiger partial charge < -0.3 is 20.3 Å². The molecule has 1 aromatic carbocycles. The van der Waals surface area contributed by atoms with Gasteiger partial charge >= 0.3 is 0 Å². The van der Waals surface area contributed by atoms with Crippen LogP contribution in [-0.2, 0) is 14.3 Å². The minimum absolute atomic E-state index is 0.0194. The Balaban J connectivity index is 1.66. The average Bonchev–Trinajstić information content (AvgIpc) is 3.43. The van der Waals surface area contributed by atoms with Crippen molar-refractivity contribution >= 4 is 23.3 Å². The van der Waals surface area contributed by atoms with E-state index >= 15 is 0 Å². The second-order valence-electron chi connectivity index (χ2n) is 11.4. The molecule has 0 spiro atoms. The quantitative estimate of drug-likeness (QED) is 0.518. The van der Waals surface area contributed by atoms with Crippen LogP contribution in [0.3, 0.4) is 0 Å². The molecule has 8 heteroatoms. The predicted molar refractivity (Wildman–Crippen MR) is 145 cm³/mol. The first-order chi connectivity index (χ1) is 17.7. The number of Topliss-reactive ketones (excluding diaryl/α,β-unsaturated/α-hetero) is 1. The van der Waals surface area contributed by atoms with Crippen LogP contribution in [-0.4, -0.2) is 85.4 Å². The highest BCUT2D eigenvalue weighted by Crippen LogP contribution is 2.39. The van der Waals surface area contributed by atoms with Crippen molar-refractivity contribution in [2.45, 2.75) is 71.4 Å². The third kappa shape index (κ3) is 5.85. The van der Waals surface area contributed by atoms with Crippen LogP contribution in [0.4, 0.5) is 5.69 Å². The maximum absolute atomic E-state index is 14.2. The summed E-state index contributed by atoms with van der Waals surface area (Å²) in [4.78, 5) is 46.1. The Morgan fingerprint density at radius 2 is 1.84 bits per heavy atom. The first-order valence-corrected chi connectivity index (χ1v) is 14.1. The third-order valence-electron chi connectivity index (χ3n) is 8.19. The molecule has 2 amide bonds. The number of carbonyl (C=O) groups excluding carboxylic acids is 3. The first-order valence-electron chi connectivity index (χ1n) is 14.1. The van der Waals surface area contributed by atoms with E-state index in [1.807, 2.05) is 12.1 Å². The van der Waals surface area contributed by atoms with Crippen LogP contribution in [0.1, 0.15) is 75.2 Å². The summed E-state index contributed by atoms with van der Waals surface area (Å²) in [6.07, 6.45) is 3.38. The molecule has 0 unspecified atom stereocenters. The van der Waals surface area contributed by atoms with Crippen molar-refractivity contribution in [1.29, 1.82) is 0 Å². The molecule has 0 aromatic heterocycles. The van der Waals surface area contributed by atoms with Gasteiger partial charge in [0, 0.05) is 49.9 Å². The molecular formula is C29H44N4O4. The summed E-state index contributed by atoms with van der Waals surface area (Å²) in [7, 11) is 0. The molecule has 3 aliphatic heterocycles. The number of ketones is 1. The van der Waals surface area contributed by atoms with Crippen molar-refractivity contribution in [3.05, 3.63) is 29.3 Å². The van der Waals surface area contributed by atoms with Crippen LogP contribution in [0.2, 0.25) is 0 Å². The molecule has 4 rings (SSSR count). The minimum Gasteiger partial charge on any atom is -0.369 e. The lowest BCUT2D eigenvalue weighted by atomic mass is 9.85. The number of nitrogens with two attached hydrogens (primary N) is 1. The maximum Gasteiger partial charge on any atom is 0.249 e. The smallest absolute Gasteiger partial charge is 0.249 e. The molecule has 37 heavy (non-hydrogen) atoms. The number of hydrogen-bond acceptors (Lipinski definition) is 6. The number of carbonyl (C=O) groups is 3. The van der Waals surface area contributed by atoms with E-state index in [-0.39, 0.29) is 36.2 Å². The minimum atomic E-state index is -0.543. The van der Waals surface area contributed by atoms with Crippen LogP contribution in [0.25, 0.3) is 0 Å². The van der Waals surface area contributed by atoms with Gasteiger partial charge in [0.1, 0.15) is 12.6 Å². The molecule has 2 N–H and O–H groups in total. The summed E-state index contributed by atoms with van der Waals surface area (Å²) < 4.78 is 5.86. The molecule has 0 radical (unpaired) electrons. The Labute approximate surface area is 221 Å². The van der Waals surface area contributed by atoms with Gasteiger partial charge in [-0.15, -0.1) is 0 Å². The normalized spacial score (nSPS) is 25.1. The van der Waals surface area contributed by atoms with E-state index in [9.17, 15) is 14.4 Å². The average molecular weight is 513 g/mol. The zero-order chi connectivity index (χ0) is 26.7. The number of benzene rings is 1. The third-order valence-corrected chi connectivity index (χ3v) is 8.19. The predicted octanol–water partition coefficient (Wildman–Crippen LogP) is 3.04. The Morgan fingerprint density at radius 3 is 2.46 bits per heavy atom. The highest BCUT2D eigenvalue weighted by atomic mass is 16.5. The summed E-state index contributed by atoms with van der Waals surface area (Å²) >= 11 is 0. The second-order valence-corrected chi connectivity index (χ2v) is 11.4. The van der Waals surface area contributed by atoms with Crippen LogP contribution >= 0.6 is 0 Å². The van der Waals surface area contributed by atoms with Crippen LogP contribution in [0.5, 0.6) is 0 Å². The van der Waals surface area contributed by atoms with E-state index in [4.69, 9.17) is 10.5 Å². The second kappa shape index (κ2) is 11.9. The number of amides is 2. The Bertz CT molecular complexity index is 988. The van der Waals surface area contributed by atoms with Gasteiger partial charge in [0.25, 0.3) is 0 Å². The van der Waals surface area contributed by atoms with Crippen molar-refractivity contribution in [3.63, 3.8) is 0 Å². The lowest BCUT2D eigenvalue weighted by molar-refractivity contribution is -0.138. The number of primary amides is 1. The van der Waals surface area contributed by atoms with Crippen molar-refractivity contribution < 1.29 is 19.1 Å². The largest absolute Gasteiger partial charge is 0.369 e. The van der Waals surface area contributed by atoms with Gasteiger partial charge in [-0.1, -0.05) is 34.1 Å². The number of hydrogen-bond donors (Lipinski definition) is 1. The van der Waals surface area contributed by atoms with Gasteiger partial charge in [0.2, 0.25) is 11.8 Å². The molecule has 0 bridgehead atoms. The number of likely N-dealkylation sites (tertiary alicyclic amines) is 1. The zero-order valence-corrected chi connectivity index (χ0v) is 22.9. The summed E-state index contributed by atoms with van der Waals surface area (Å²) in [5.41, 5.74) is 7.92. The molecule has 3 aliphatic rings. The van der Waals surface area contributed by atoms with Crippen LogP contribution in [0.15, 0.2) is 18.2 Å². The fourth-order valence-corrected chi connectivity index (χ4v) is 6.44. The van der Waals surface area contributed by atoms with Gasteiger partial charge in [-0.05, 0) is 55.5 Å². The van der Waals surface area contributed by atoms with Crippen molar-refractivity contribution in [2.75, 3.05) is 50.8 Å². The molecule has 1 aromatic rings. The monoisotopic (exact) mass is 512 g/mol. The van der Waals surface area contributed by atoms with Crippen molar-refractivity contribution in [3.8, 4) is 0 Å². The van der Waals surface area contributed by atoms with E-state index < -0.39 is 17.9 Å². The number of nitrogens with zero attached hydrogens (tertiary/aromatic N) is 3. The van der Waals surface area contributed by atoms with Crippen molar-refractivity contribution in [2.24, 2.45) is 17.6 Å². The topological polar surface area (TPSA) is 96.2 Å². The lowest BCUT2D eigenvalue weighted by Crippen LogP contribution is -2.46. The van der Waals surface area contributed by atoms with E-state index in [0.29, 0.717) is 24.1 Å². The summed E-state index contributed by atoms with van der Waals surface area (Å²) in [5, 5.41) is 0.